The Labute approximate surface area is 161 Å². The van der Waals surface area contributed by atoms with E-state index in [4.69, 9.17) is 9.47 Å². The Hall–Kier alpha value is -2.46. The molecule has 0 saturated carbocycles. The number of hydrogen-bond donors (Lipinski definition) is 1. The molecule has 0 bridgehead atoms. The van der Waals surface area contributed by atoms with Crippen molar-refractivity contribution in [2.75, 3.05) is 25.6 Å². The lowest BCUT2D eigenvalue weighted by molar-refractivity contribution is 0.0745. The van der Waals surface area contributed by atoms with Crippen molar-refractivity contribution in [2.45, 2.75) is 25.3 Å². The second kappa shape index (κ2) is 10.2. The smallest absolute Gasteiger partial charge is 0.330 e. The predicted molar refractivity (Wildman–Crippen MR) is 102 cm³/mol. The fourth-order valence-corrected chi connectivity index (χ4v) is 3.90. The normalized spacial score (nSPS) is 12.6. The molecule has 154 valence electrons. The molecule has 0 radical (unpaired) electrons. The Kier molecular flexibility index (Phi) is 7.94. The summed E-state index contributed by atoms with van der Waals surface area (Å²) < 4.78 is 48.9. The van der Waals surface area contributed by atoms with Gasteiger partial charge in [0.05, 0.1) is 11.0 Å². The number of rotatable bonds is 11. The molecule has 1 atom stereocenters. The van der Waals surface area contributed by atoms with Crippen LogP contribution in [0.1, 0.15) is 24.2 Å². The van der Waals surface area contributed by atoms with Crippen molar-refractivity contribution < 1.29 is 22.3 Å². The maximum Gasteiger partial charge on any atom is 0.330 e. The van der Waals surface area contributed by atoms with Gasteiger partial charge in [-0.2, -0.15) is 0 Å². The average molecular weight is 414 g/mol. The average Bonchev–Trinajstić information content (AvgIpc) is 2.67. The number of H-pyrrole nitrogens is 1. The molecule has 0 amide bonds. The number of benzene rings is 1. The van der Waals surface area contributed by atoms with Crippen LogP contribution >= 0.6 is 0 Å². The summed E-state index contributed by atoms with van der Waals surface area (Å²) in [7, 11) is -3.44. The molecule has 2 rings (SSSR count). The minimum absolute atomic E-state index is 0.0830. The van der Waals surface area contributed by atoms with E-state index >= 15 is 0 Å². The monoisotopic (exact) mass is 414 g/mol. The van der Waals surface area contributed by atoms with Gasteiger partial charge in [-0.1, -0.05) is 12.1 Å². The van der Waals surface area contributed by atoms with Crippen molar-refractivity contribution in [2.24, 2.45) is 0 Å². The number of nitrogens with one attached hydrogen (secondary N) is 1. The number of nitrogens with zero attached hydrogens (tertiary/aromatic N) is 1. The number of aromatic nitrogens is 2. The summed E-state index contributed by atoms with van der Waals surface area (Å²) >= 11 is 0. The zero-order chi connectivity index (χ0) is 20.6. The van der Waals surface area contributed by atoms with Gasteiger partial charge in [-0.15, -0.1) is 0 Å². The summed E-state index contributed by atoms with van der Waals surface area (Å²) in [5.74, 6) is 0.330. The Morgan fingerprint density at radius 3 is 2.71 bits per heavy atom. The van der Waals surface area contributed by atoms with Crippen molar-refractivity contribution in [1.29, 1.82) is 0 Å². The molecular formula is C18H23FN2O6S. The zero-order valence-electron chi connectivity index (χ0n) is 15.5. The molecule has 10 heteroatoms. The maximum absolute atomic E-state index is 12.5. The van der Waals surface area contributed by atoms with E-state index in [-0.39, 0.29) is 32.1 Å². The highest BCUT2D eigenvalue weighted by molar-refractivity contribution is 7.91. The number of aromatic amines is 1. The van der Waals surface area contributed by atoms with Gasteiger partial charge >= 0.3 is 5.69 Å². The molecule has 1 N–H and O–H groups in total. The highest BCUT2D eigenvalue weighted by Gasteiger charge is 2.22. The van der Waals surface area contributed by atoms with Gasteiger partial charge in [0, 0.05) is 18.9 Å². The Bertz CT molecular complexity index is 986. The molecule has 0 saturated heterocycles. The fraction of sp³-hybridized carbons (Fsp3) is 0.444. The van der Waals surface area contributed by atoms with E-state index in [9.17, 15) is 22.4 Å². The van der Waals surface area contributed by atoms with E-state index in [0.717, 1.165) is 0 Å². The van der Waals surface area contributed by atoms with Gasteiger partial charge in [-0.05, 0) is 31.0 Å². The van der Waals surface area contributed by atoms with Crippen molar-refractivity contribution >= 4 is 9.84 Å². The predicted octanol–water partition coefficient (Wildman–Crippen LogP) is 1.43. The fourth-order valence-electron chi connectivity index (χ4n) is 2.47. The molecule has 1 aromatic carbocycles. The number of alkyl halides is 1. The number of halogens is 1. The van der Waals surface area contributed by atoms with Crippen molar-refractivity contribution in [3.8, 4) is 5.75 Å². The van der Waals surface area contributed by atoms with Crippen LogP contribution in [0.25, 0.3) is 0 Å². The van der Waals surface area contributed by atoms with E-state index < -0.39 is 33.0 Å². The largest absolute Gasteiger partial charge is 0.491 e. The second-order valence-corrected chi connectivity index (χ2v) is 8.53. The van der Waals surface area contributed by atoms with E-state index in [1.807, 2.05) is 0 Å². The van der Waals surface area contributed by atoms with Gasteiger partial charge in [0.25, 0.3) is 5.56 Å². The molecule has 8 nitrogen and oxygen atoms in total. The first-order chi connectivity index (χ1) is 13.3. The van der Waals surface area contributed by atoms with Crippen LogP contribution in [0.5, 0.6) is 5.75 Å². The zero-order valence-corrected chi connectivity index (χ0v) is 16.3. The number of sulfone groups is 1. The molecule has 0 aliphatic carbocycles. The summed E-state index contributed by atoms with van der Waals surface area (Å²) in [6, 6.07) is 7.79. The van der Waals surface area contributed by atoms with Gasteiger partial charge in [0.2, 0.25) is 0 Å². The summed E-state index contributed by atoms with van der Waals surface area (Å²) in [4.78, 5) is 24.6. The third-order valence-electron chi connectivity index (χ3n) is 4.06. The lowest BCUT2D eigenvalue weighted by Gasteiger charge is -2.15. The summed E-state index contributed by atoms with van der Waals surface area (Å²) in [5.41, 5.74) is -0.527. The van der Waals surface area contributed by atoms with Crippen LogP contribution in [0.3, 0.4) is 0 Å². The molecule has 1 aromatic heterocycles. The molecule has 0 unspecified atom stereocenters. The highest BCUT2D eigenvalue weighted by atomic mass is 32.2. The highest BCUT2D eigenvalue weighted by Crippen LogP contribution is 2.26. The van der Waals surface area contributed by atoms with E-state index in [1.165, 1.54) is 16.8 Å². The summed E-state index contributed by atoms with van der Waals surface area (Å²) in [6.45, 7) is 0.935. The first-order valence-electron chi connectivity index (χ1n) is 8.71. The molecule has 0 fully saturated rings. The lowest BCUT2D eigenvalue weighted by atomic mass is 10.1. The van der Waals surface area contributed by atoms with Crippen LogP contribution in [-0.2, 0) is 21.3 Å². The molecule has 2 aromatic rings. The van der Waals surface area contributed by atoms with Gasteiger partial charge in [-0.3, -0.25) is 14.3 Å². The first kappa shape index (κ1) is 21.8. The molecular weight excluding hydrogens is 391 g/mol. The van der Waals surface area contributed by atoms with Crippen LogP contribution in [0, 0.1) is 0 Å². The third kappa shape index (κ3) is 6.31. The SMILES string of the molecule is C[C@H](c1cccc(OCCF)c1)S(=O)(=O)CCCOCn1ccc(=O)[nH]c1=O. The van der Waals surface area contributed by atoms with Crippen LogP contribution in [-0.4, -0.2) is 43.6 Å². The van der Waals surface area contributed by atoms with Crippen molar-refractivity contribution in [3.05, 3.63) is 62.9 Å². The van der Waals surface area contributed by atoms with E-state index in [1.54, 1.807) is 31.2 Å². The van der Waals surface area contributed by atoms with Crippen LogP contribution in [0.4, 0.5) is 4.39 Å². The Morgan fingerprint density at radius 1 is 1.21 bits per heavy atom. The van der Waals surface area contributed by atoms with Gasteiger partial charge < -0.3 is 9.47 Å². The van der Waals surface area contributed by atoms with E-state index in [0.29, 0.717) is 11.3 Å². The standard InChI is InChI=1S/C18H23FN2O6S/c1-14(15-4-2-5-16(12-15)27-10-7-19)28(24,25)11-3-9-26-13-21-8-6-17(22)20-18(21)23/h2,4-6,8,12,14H,3,7,9-11,13H2,1H3,(H,20,22,23)/t14-/m1/s1. The second-order valence-electron chi connectivity index (χ2n) is 6.09. The molecule has 0 spiro atoms. The quantitative estimate of drug-likeness (QED) is 0.558. The molecule has 0 aliphatic heterocycles. The van der Waals surface area contributed by atoms with E-state index in [2.05, 4.69) is 4.98 Å². The summed E-state index contributed by atoms with van der Waals surface area (Å²) in [6.07, 6.45) is 1.56. The third-order valence-corrected chi connectivity index (χ3v) is 6.26. The Morgan fingerprint density at radius 2 is 2.00 bits per heavy atom. The summed E-state index contributed by atoms with van der Waals surface area (Å²) in [5, 5.41) is -0.747. The molecule has 1 heterocycles. The van der Waals surface area contributed by atoms with Gasteiger partial charge in [-0.25, -0.2) is 17.6 Å². The van der Waals surface area contributed by atoms with Crippen molar-refractivity contribution in [3.63, 3.8) is 0 Å². The lowest BCUT2D eigenvalue weighted by Crippen LogP contribution is -2.29. The minimum Gasteiger partial charge on any atom is -0.491 e. The van der Waals surface area contributed by atoms with Crippen LogP contribution in [0.15, 0.2) is 46.1 Å². The van der Waals surface area contributed by atoms with Crippen molar-refractivity contribution in [1.82, 2.24) is 9.55 Å². The molecule has 28 heavy (non-hydrogen) atoms. The maximum atomic E-state index is 12.5. The number of hydrogen-bond acceptors (Lipinski definition) is 6. The number of ether oxygens (including phenoxy) is 2. The van der Waals surface area contributed by atoms with Crippen LogP contribution < -0.4 is 16.0 Å². The first-order valence-corrected chi connectivity index (χ1v) is 10.4. The minimum atomic E-state index is -3.44. The molecule has 0 aliphatic rings. The topological polar surface area (TPSA) is 107 Å². The Balaban J connectivity index is 1.85. The van der Waals surface area contributed by atoms with Gasteiger partial charge in [0.1, 0.15) is 25.8 Å². The van der Waals surface area contributed by atoms with Crippen LogP contribution in [0.2, 0.25) is 0 Å². The van der Waals surface area contributed by atoms with Gasteiger partial charge in [0.15, 0.2) is 9.84 Å².